The molecule has 7 heteroatoms. The van der Waals surface area contributed by atoms with Crippen LogP contribution >= 0.6 is 0 Å². The standard InChI is InChI=1S/C12H22N3O3.HI/c1-11(9-18-4)15(7-8-17-3)12(16)14-6-5-13(2)10-14;/h5-6,10-11H,7-9H2,1-4H3;1H/q+1;/p-1. The normalized spacial score (nSPS) is 11.8. The van der Waals surface area contributed by atoms with Crippen LogP contribution in [-0.2, 0) is 16.5 Å². The minimum absolute atomic E-state index is 0. The Labute approximate surface area is 131 Å². The first-order valence-electron chi connectivity index (χ1n) is 5.92. The first kappa shape index (κ1) is 18.3. The van der Waals surface area contributed by atoms with E-state index >= 15 is 0 Å². The molecule has 1 amide bonds. The van der Waals surface area contributed by atoms with Crippen LogP contribution in [0.5, 0.6) is 0 Å². The van der Waals surface area contributed by atoms with Gasteiger partial charge in [-0.05, 0) is 6.92 Å². The third kappa shape index (κ3) is 5.45. The van der Waals surface area contributed by atoms with Crippen molar-refractivity contribution in [1.29, 1.82) is 0 Å². The van der Waals surface area contributed by atoms with E-state index in [0.29, 0.717) is 19.8 Å². The van der Waals surface area contributed by atoms with Crippen LogP contribution in [0, 0.1) is 0 Å². The molecular formula is C12H22IN3O3. The van der Waals surface area contributed by atoms with E-state index in [9.17, 15) is 4.79 Å². The van der Waals surface area contributed by atoms with Crippen LogP contribution in [0.1, 0.15) is 6.92 Å². The van der Waals surface area contributed by atoms with E-state index < -0.39 is 0 Å². The molecule has 0 spiro atoms. The number of halogens is 1. The zero-order valence-corrected chi connectivity index (χ0v) is 14.0. The van der Waals surface area contributed by atoms with Gasteiger partial charge >= 0.3 is 6.03 Å². The average molecular weight is 383 g/mol. The van der Waals surface area contributed by atoms with Gasteiger partial charge in [-0.15, -0.1) is 0 Å². The van der Waals surface area contributed by atoms with Crippen molar-refractivity contribution < 1.29 is 42.8 Å². The van der Waals surface area contributed by atoms with Crippen molar-refractivity contribution in [3.63, 3.8) is 0 Å². The molecule has 1 aromatic heterocycles. The Morgan fingerprint density at radius 2 is 2.11 bits per heavy atom. The highest BCUT2D eigenvalue weighted by atomic mass is 127. The number of amides is 1. The summed E-state index contributed by atoms with van der Waals surface area (Å²) >= 11 is 0. The predicted octanol–water partition coefficient (Wildman–Crippen LogP) is -2.73. The molecular weight excluding hydrogens is 361 g/mol. The number of imidazole rings is 1. The Kier molecular flexibility index (Phi) is 8.94. The predicted molar refractivity (Wildman–Crippen MR) is 66.3 cm³/mol. The molecule has 1 aromatic rings. The highest BCUT2D eigenvalue weighted by molar-refractivity contribution is 5.76. The molecule has 0 bridgehead atoms. The molecule has 0 radical (unpaired) electrons. The van der Waals surface area contributed by atoms with E-state index in [2.05, 4.69) is 0 Å². The van der Waals surface area contributed by atoms with E-state index in [0.717, 1.165) is 0 Å². The topological polar surface area (TPSA) is 47.6 Å². The van der Waals surface area contributed by atoms with Gasteiger partial charge in [-0.1, -0.05) is 0 Å². The number of hydrogen-bond acceptors (Lipinski definition) is 3. The van der Waals surface area contributed by atoms with Gasteiger partial charge in [0.2, 0.25) is 0 Å². The SMILES string of the molecule is COCCN(C(=O)n1cc[n+](C)c1)C(C)COC.[I-]. The third-order valence-electron chi connectivity index (χ3n) is 2.71. The lowest BCUT2D eigenvalue weighted by Gasteiger charge is -2.26. The van der Waals surface area contributed by atoms with E-state index in [1.54, 1.807) is 36.2 Å². The molecule has 0 aromatic carbocycles. The zero-order valence-electron chi connectivity index (χ0n) is 11.9. The second-order valence-corrected chi connectivity index (χ2v) is 4.26. The highest BCUT2D eigenvalue weighted by Gasteiger charge is 2.25. The minimum atomic E-state index is -0.0720. The van der Waals surface area contributed by atoms with Gasteiger partial charge in [-0.3, -0.25) is 4.90 Å². The molecule has 1 heterocycles. The summed E-state index contributed by atoms with van der Waals surface area (Å²) in [5, 5.41) is 0. The smallest absolute Gasteiger partial charge is 0.416 e. The van der Waals surface area contributed by atoms with Gasteiger partial charge in [0.15, 0.2) is 0 Å². The Hall–Kier alpha value is -0.670. The Bertz CT molecular complexity index is 384. The molecule has 0 saturated carbocycles. The number of nitrogens with zero attached hydrogens (tertiary/aromatic N) is 3. The molecule has 6 nitrogen and oxygen atoms in total. The van der Waals surface area contributed by atoms with Crippen molar-refractivity contribution >= 4 is 6.03 Å². The number of carbonyl (C=O) groups is 1. The molecule has 0 saturated heterocycles. The number of ether oxygens (including phenoxy) is 2. The number of aromatic nitrogens is 2. The molecule has 0 aliphatic rings. The summed E-state index contributed by atoms with van der Waals surface area (Å²) in [5.74, 6) is 0. The fraction of sp³-hybridized carbons (Fsp3) is 0.667. The molecule has 1 unspecified atom stereocenters. The van der Waals surface area contributed by atoms with Crippen molar-refractivity contribution in [2.75, 3.05) is 34.0 Å². The van der Waals surface area contributed by atoms with Crippen LogP contribution in [0.2, 0.25) is 0 Å². The van der Waals surface area contributed by atoms with Crippen LogP contribution in [0.25, 0.3) is 0 Å². The van der Waals surface area contributed by atoms with Crippen molar-refractivity contribution in [2.24, 2.45) is 7.05 Å². The van der Waals surface area contributed by atoms with Gasteiger partial charge in [0, 0.05) is 20.8 Å². The highest BCUT2D eigenvalue weighted by Crippen LogP contribution is 2.03. The summed E-state index contributed by atoms with van der Waals surface area (Å²) in [7, 11) is 5.13. The first-order chi connectivity index (χ1) is 8.60. The molecule has 110 valence electrons. The van der Waals surface area contributed by atoms with Crippen molar-refractivity contribution in [3.8, 4) is 0 Å². The third-order valence-corrected chi connectivity index (χ3v) is 2.71. The molecule has 0 aliphatic carbocycles. The van der Waals surface area contributed by atoms with E-state index in [1.807, 2.05) is 24.7 Å². The minimum Gasteiger partial charge on any atom is -1.00 e. The lowest BCUT2D eigenvalue weighted by atomic mass is 10.3. The molecule has 0 aliphatic heterocycles. The van der Waals surface area contributed by atoms with E-state index in [4.69, 9.17) is 9.47 Å². The van der Waals surface area contributed by atoms with Crippen molar-refractivity contribution in [2.45, 2.75) is 13.0 Å². The number of hydrogen-bond donors (Lipinski definition) is 0. The number of aryl methyl sites for hydroxylation is 1. The maximum atomic E-state index is 12.3. The van der Waals surface area contributed by atoms with Crippen molar-refractivity contribution in [1.82, 2.24) is 9.47 Å². The molecule has 0 N–H and O–H groups in total. The summed E-state index contributed by atoms with van der Waals surface area (Å²) in [6.45, 7) is 3.51. The lowest BCUT2D eigenvalue weighted by molar-refractivity contribution is -0.670. The Balaban J connectivity index is 0.00000324. The average Bonchev–Trinajstić information content (AvgIpc) is 2.76. The zero-order chi connectivity index (χ0) is 13.5. The fourth-order valence-corrected chi connectivity index (χ4v) is 1.74. The molecule has 1 rings (SSSR count). The summed E-state index contributed by atoms with van der Waals surface area (Å²) in [6, 6.07) is -0.0671. The van der Waals surface area contributed by atoms with Gasteiger partial charge in [-0.25, -0.2) is 9.36 Å². The van der Waals surface area contributed by atoms with Crippen LogP contribution < -0.4 is 28.5 Å². The van der Waals surface area contributed by atoms with Gasteiger partial charge in [0.1, 0.15) is 12.4 Å². The molecule has 19 heavy (non-hydrogen) atoms. The Morgan fingerprint density at radius 3 is 2.58 bits per heavy atom. The van der Waals surface area contributed by atoms with Crippen LogP contribution in [-0.4, -0.2) is 55.5 Å². The molecule has 0 fully saturated rings. The van der Waals surface area contributed by atoms with Gasteiger partial charge in [0.25, 0.3) is 6.33 Å². The largest absolute Gasteiger partial charge is 1.00 e. The first-order valence-corrected chi connectivity index (χ1v) is 5.92. The monoisotopic (exact) mass is 383 g/mol. The van der Waals surface area contributed by atoms with Gasteiger partial charge < -0.3 is 33.5 Å². The fourth-order valence-electron chi connectivity index (χ4n) is 1.74. The molecule has 1 atom stereocenters. The Morgan fingerprint density at radius 1 is 1.42 bits per heavy atom. The summed E-state index contributed by atoms with van der Waals surface area (Å²) in [6.07, 6.45) is 5.30. The van der Waals surface area contributed by atoms with Gasteiger partial charge in [0.05, 0.1) is 26.3 Å². The van der Waals surface area contributed by atoms with E-state index in [-0.39, 0.29) is 36.0 Å². The maximum absolute atomic E-state index is 12.3. The van der Waals surface area contributed by atoms with Crippen LogP contribution in [0.15, 0.2) is 18.7 Å². The van der Waals surface area contributed by atoms with Crippen molar-refractivity contribution in [3.05, 3.63) is 18.7 Å². The second-order valence-electron chi connectivity index (χ2n) is 4.26. The summed E-state index contributed by atoms with van der Waals surface area (Å²) < 4.78 is 13.5. The summed E-state index contributed by atoms with van der Waals surface area (Å²) in [4.78, 5) is 14.1. The number of carbonyl (C=O) groups excluding carboxylic acids is 1. The quantitative estimate of drug-likeness (QED) is 0.396. The maximum Gasteiger partial charge on any atom is 0.416 e. The van der Waals surface area contributed by atoms with Crippen LogP contribution in [0.4, 0.5) is 4.79 Å². The number of rotatable bonds is 6. The van der Waals surface area contributed by atoms with Gasteiger partial charge in [-0.2, -0.15) is 4.57 Å². The lowest BCUT2D eigenvalue weighted by Crippen LogP contribution is -3.00. The number of methoxy groups -OCH3 is 2. The summed E-state index contributed by atoms with van der Waals surface area (Å²) in [5.41, 5.74) is 0. The van der Waals surface area contributed by atoms with Crippen LogP contribution in [0.3, 0.4) is 0 Å². The van der Waals surface area contributed by atoms with E-state index in [1.165, 1.54) is 0 Å². The second kappa shape index (κ2) is 9.27.